The molecule has 1 amide bonds. The number of hydrogen-bond acceptors (Lipinski definition) is 3. The van der Waals surface area contributed by atoms with Crippen molar-refractivity contribution in [2.24, 2.45) is 0 Å². The molecule has 2 rings (SSSR count). The minimum Gasteiger partial charge on any atom is -0.388 e. The van der Waals surface area contributed by atoms with Crippen LogP contribution in [0.2, 0.25) is 0 Å². The Hall–Kier alpha value is -0.870. The molecule has 1 heterocycles. The molecule has 1 aromatic rings. The highest BCUT2D eigenvalue weighted by Gasteiger charge is 2.34. The second-order valence-electron chi connectivity index (χ2n) is 5.12. The van der Waals surface area contributed by atoms with Gasteiger partial charge in [0.1, 0.15) is 0 Å². The Morgan fingerprint density at radius 2 is 2.29 bits per heavy atom. The monoisotopic (exact) mass is 253 g/mol. The molecular weight excluding hydrogens is 234 g/mol. The summed E-state index contributed by atoms with van der Waals surface area (Å²) in [6.45, 7) is 4.54. The van der Waals surface area contributed by atoms with E-state index in [-0.39, 0.29) is 5.91 Å². The molecule has 3 nitrogen and oxygen atoms in total. The van der Waals surface area contributed by atoms with Gasteiger partial charge >= 0.3 is 0 Å². The molecule has 1 aromatic heterocycles. The summed E-state index contributed by atoms with van der Waals surface area (Å²) in [5, 5.41) is 14.7. The molecule has 0 aliphatic heterocycles. The Morgan fingerprint density at radius 3 is 2.82 bits per heavy atom. The van der Waals surface area contributed by atoms with Crippen molar-refractivity contribution >= 4 is 17.2 Å². The molecule has 94 valence electrons. The molecule has 1 fully saturated rings. The summed E-state index contributed by atoms with van der Waals surface area (Å²) >= 11 is 1.47. The van der Waals surface area contributed by atoms with E-state index >= 15 is 0 Å². The average molecular weight is 253 g/mol. The lowest BCUT2D eigenvalue weighted by atomic mass is 9.80. The summed E-state index contributed by atoms with van der Waals surface area (Å²) in [5.41, 5.74) is 0.443. The van der Waals surface area contributed by atoms with E-state index in [0.29, 0.717) is 12.5 Å². The molecular formula is C13H19NO2S. The Balaban J connectivity index is 1.97. The quantitative estimate of drug-likeness (QED) is 0.866. The van der Waals surface area contributed by atoms with E-state index in [1.165, 1.54) is 11.3 Å². The van der Waals surface area contributed by atoms with Crippen LogP contribution in [0.15, 0.2) is 11.4 Å². The molecule has 0 aromatic carbocycles. The van der Waals surface area contributed by atoms with Gasteiger partial charge in [-0.3, -0.25) is 4.79 Å². The molecule has 17 heavy (non-hydrogen) atoms. The lowest BCUT2D eigenvalue weighted by molar-refractivity contribution is -0.0300. The van der Waals surface area contributed by atoms with Crippen LogP contribution in [-0.4, -0.2) is 23.2 Å². The van der Waals surface area contributed by atoms with Crippen molar-refractivity contribution in [2.45, 2.75) is 44.6 Å². The Labute approximate surface area is 106 Å². The van der Waals surface area contributed by atoms with Gasteiger partial charge < -0.3 is 10.4 Å². The van der Waals surface area contributed by atoms with Gasteiger partial charge in [0, 0.05) is 6.54 Å². The van der Waals surface area contributed by atoms with Crippen molar-refractivity contribution in [1.29, 1.82) is 0 Å². The van der Waals surface area contributed by atoms with E-state index in [9.17, 15) is 9.90 Å². The van der Waals surface area contributed by atoms with E-state index < -0.39 is 5.60 Å². The normalized spacial score (nSPS) is 17.9. The van der Waals surface area contributed by atoms with Crippen molar-refractivity contribution in [3.63, 3.8) is 0 Å². The predicted molar refractivity (Wildman–Crippen MR) is 69.5 cm³/mol. The molecule has 1 aliphatic carbocycles. The van der Waals surface area contributed by atoms with Gasteiger partial charge in [-0.15, -0.1) is 11.3 Å². The van der Waals surface area contributed by atoms with Crippen LogP contribution in [0.5, 0.6) is 0 Å². The standard InChI is InChI=1S/C13H19NO2S/c1-9(2)10-4-7-17-11(10)12(15)14-8-13(16)5-3-6-13/h4,7,9,16H,3,5-6,8H2,1-2H3,(H,14,15). The molecule has 0 spiro atoms. The van der Waals surface area contributed by atoms with Crippen LogP contribution in [0.1, 0.15) is 54.3 Å². The van der Waals surface area contributed by atoms with Gasteiger partial charge in [-0.05, 0) is 42.2 Å². The predicted octanol–water partition coefficient (Wildman–Crippen LogP) is 2.52. The number of rotatable bonds is 4. The first-order valence-electron chi connectivity index (χ1n) is 6.10. The number of hydrogen-bond donors (Lipinski definition) is 2. The fourth-order valence-corrected chi connectivity index (χ4v) is 3.01. The van der Waals surface area contributed by atoms with Gasteiger partial charge in [-0.25, -0.2) is 0 Å². The zero-order chi connectivity index (χ0) is 12.5. The van der Waals surface area contributed by atoms with E-state index in [1.807, 2.05) is 11.4 Å². The van der Waals surface area contributed by atoms with E-state index in [4.69, 9.17) is 0 Å². The van der Waals surface area contributed by atoms with Gasteiger partial charge in [-0.2, -0.15) is 0 Å². The molecule has 0 saturated heterocycles. The molecule has 1 saturated carbocycles. The van der Waals surface area contributed by atoms with Crippen LogP contribution in [0.4, 0.5) is 0 Å². The third-order valence-electron chi connectivity index (χ3n) is 3.39. The van der Waals surface area contributed by atoms with Crippen molar-refractivity contribution in [3.8, 4) is 0 Å². The maximum atomic E-state index is 12.0. The molecule has 2 N–H and O–H groups in total. The highest BCUT2D eigenvalue weighted by atomic mass is 32.1. The smallest absolute Gasteiger partial charge is 0.261 e. The largest absolute Gasteiger partial charge is 0.388 e. The molecule has 1 aliphatic rings. The van der Waals surface area contributed by atoms with Crippen LogP contribution in [0.3, 0.4) is 0 Å². The lowest BCUT2D eigenvalue weighted by Gasteiger charge is -2.36. The Bertz CT molecular complexity index is 407. The third kappa shape index (κ3) is 2.69. The van der Waals surface area contributed by atoms with Gasteiger partial charge in [-0.1, -0.05) is 13.8 Å². The summed E-state index contributed by atoms with van der Waals surface area (Å²) in [7, 11) is 0. The van der Waals surface area contributed by atoms with Crippen LogP contribution >= 0.6 is 11.3 Å². The van der Waals surface area contributed by atoms with Crippen molar-refractivity contribution in [3.05, 3.63) is 21.9 Å². The second kappa shape index (κ2) is 4.78. The highest BCUT2D eigenvalue weighted by molar-refractivity contribution is 7.12. The zero-order valence-corrected chi connectivity index (χ0v) is 11.1. The molecule has 0 bridgehead atoms. The number of aliphatic hydroxyl groups is 1. The second-order valence-corrected chi connectivity index (χ2v) is 6.04. The van der Waals surface area contributed by atoms with E-state index in [1.54, 1.807) is 0 Å². The molecule has 0 radical (unpaired) electrons. The fraction of sp³-hybridized carbons (Fsp3) is 0.615. The van der Waals surface area contributed by atoms with E-state index in [0.717, 1.165) is 29.7 Å². The average Bonchev–Trinajstić information content (AvgIpc) is 2.72. The van der Waals surface area contributed by atoms with Gasteiger partial charge in [0.05, 0.1) is 10.5 Å². The van der Waals surface area contributed by atoms with Gasteiger partial charge in [0.15, 0.2) is 0 Å². The van der Waals surface area contributed by atoms with Crippen molar-refractivity contribution in [2.75, 3.05) is 6.54 Å². The zero-order valence-electron chi connectivity index (χ0n) is 10.3. The number of nitrogens with one attached hydrogen (secondary N) is 1. The highest BCUT2D eigenvalue weighted by Crippen LogP contribution is 2.31. The first-order valence-corrected chi connectivity index (χ1v) is 6.98. The van der Waals surface area contributed by atoms with Crippen LogP contribution in [-0.2, 0) is 0 Å². The maximum absolute atomic E-state index is 12.0. The third-order valence-corrected chi connectivity index (χ3v) is 4.32. The summed E-state index contributed by atoms with van der Waals surface area (Å²) in [6.07, 6.45) is 2.66. The van der Waals surface area contributed by atoms with Crippen molar-refractivity contribution < 1.29 is 9.90 Å². The van der Waals surface area contributed by atoms with Gasteiger partial charge in [0.2, 0.25) is 0 Å². The summed E-state index contributed by atoms with van der Waals surface area (Å²) < 4.78 is 0. The first kappa shape index (κ1) is 12.6. The van der Waals surface area contributed by atoms with Crippen LogP contribution < -0.4 is 5.32 Å². The summed E-state index contributed by atoms with van der Waals surface area (Å²) in [6, 6.07) is 2.00. The maximum Gasteiger partial charge on any atom is 0.261 e. The van der Waals surface area contributed by atoms with Gasteiger partial charge in [0.25, 0.3) is 5.91 Å². The minimum absolute atomic E-state index is 0.0518. The molecule has 4 heteroatoms. The van der Waals surface area contributed by atoms with E-state index in [2.05, 4.69) is 19.2 Å². The summed E-state index contributed by atoms with van der Waals surface area (Å²) in [5.74, 6) is 0.304. The lowest BCUT2D eigenvalue weighted by Crippen LogP contribution is -2.47. The molecule has 0 atom stereocenters. The first-order chi connectivity index (χ1) is 8.02. The summed E-state index contributed by atoms with van der Waals surface area (Å²) in [4.78, 5) is 12.8. The Kier molecular flexibility index (Phi) is 3.54. The van der Waals surface area contributed by atoms with Crippen LogP contribution in [0, 0.1) is 0 Å². The number of carbonyl (C=O) groups excluding carboxylic acids is 1. The number of thiophene rings is 1. The minimum atomic E-state index is -0.648. The van der Waals surface area contributed by atoms with Crippen molar-refractivity contribution in [1.82, 2.24) is 5.32 Å². The topological polar surface area (TPSA) is 49.3 Å². The SMILES string of the molecule is CC(C)c1ccsc1C(=O)NCC1(O)CCC1. The van der Waals surface area contributed by atoms with Crippen LogP contribution in [0.25, 0.3) is 0 Å². The number of carbonyl (C=O) groups is 1. The Morgan fingerprint density at radius 1 is 1.59 bits per heavy atom. The number of amides is 1. The fourth-order valence-electron chi connectivity index (χ4n) is 2.05. The molecule has 0 unspecified atom stereocenters.